The van der Waals surface area contributed by atoms with E-state index in [0.29, 0.717) is 6.10 Å². The monoisotopic (exact) mass is 234 g/mol. The zero-order valence-electron chi connectivity index (χ0n) is 10.7. The molecule has 1 aliphatic rings. The van der Waals surface area contributed by atoms with Crippen molar-refractivity contribution in [1.29, 1.82) is 0 Å². The molecule has 1 unspecified atom stereocenters. The molecular weight excluding hydrogens is 212 g/mol. The molecule has 3 heteroatoms. The first-order chi connectivity index (χ1) is 8.19. The van der Waals surface area contributed by atoms with Crippen LogP contribution in [0.25, 0.3) is 0 Å². The fourth-order valence-electron chi connectivity index (χ4n) is 2.52. The van der Waals surface area contributed by atoms with Crippen LogP contribution in [0, 0.1) is 12.8 Å². The number of aromatic nitrogens is 1. The van der Waals surface area contributed by atoms with E-state index >= 15 is 0 Å². The number of nitrogens with two attached hydrogens (primary N) is 1. The normalized spacial score (nSPS) is 25.4. The van der Waals surface area contributed by atoms with Gasteiger partial charge in [-0.3, -0.25) is 4.98 Å². The Bertz CT molecular complexity index is 361. The standard InChI is InChI=1S/C14H22N2O/c1-3-17-13-5-11(6-13)7-14(15)12-4-10(2)8-16-9-12/h4,8-9,11,13-14H,3,5-7,15H2,1-2H3. The Morgan fingerprint density at radius 2 is 2.24 bits per heavy atom. The third-order valence-corrected chi connectivity index (χ3v) is 3.51. The van der Waals surface area contributed by atoms with Crippen LogP contribution in [0.1, 0.15) is 43.4 Å². The van der Waals surface area contributed by atoms with Gasteiger partial charge >= 0.3 is 0 Å². The van der Waals surface area contributed by atoms with Crippen molar-refractivity contribution in [3.8, 4) is 0 Å². The summed E-state index contributed by atoms with van der Waals surface area (Å²) in [4.78, 5) is 4.20. The molecule has 0 saturated heterocycles. The highest BCUT2D eigenvalue weighted by molar-refractivity contribution is 5.19. The molecule has 1 aromatic heterocycles. The largest absolute Gasteiger partial charge is 0.378 e. The fraction of sp³-hybridized carbons (Fsp3) is 0.643. The number of rotatable bonds is 5. The van der Waals surface area contributed by atoms with Gasteiger partial charge in [-0.2, -0.15) is 0 Å². The lowest BCUT2D eigenvalue weighted by Gasteiger charge is -2.36. The Balaban J connectivity index is 1.80. The Labute approximate surface area is 103 Å². The molecule has 1 saturated carbocycles. The van der Waals surface area contributed by atoms with Crippen LogP contribution in [0.3, 0.4) is 0 Å². The van der Waals surface area contributed by atoms with Gasteiger partial charge in [-0.15, -0.1) is 0 Å². The second kappa shape index (κ2) is 5.61. The molecule has 1 fully saturated rings. The third-order valence-electron chi connectivity index (χ3n) is 3.51. The second-order valence-electron chi connectivity index (χ2n) is 5.05. The van der Waals surface area contributed by atoms with Gasteiger partial charge in [0.1, 0.15) is 0 Å². The highest BCUT2D eigenvalue weighted by Crippen LogP contribution is 2.36. The number of pyridine rings is 1. The molecule has 2 rings (SSSR count). The van der Waals surface area contributed by atoms with E-state index in [9.17, 15) is 0 Å². The van der Waals surface area contributed by atoms with Crippen LogP contribution < -0.4 is 5.73 Å². The summed E-state index contributed by atoms with van der Waals surface area (Å²) in [5.41, 5.74) is 8.55. The predicted octanol–water partition coefficient (Wildman–Crippen LogP) is 2.60. The maximum Gasteiger partial charge on any atom is 0.0580 e. The van der Waals surface area contributed by atoms with Crippen molar-refractivity contribution >= 4 is 0 Å². The first-order valence-electron chi connectivity index (χ1n) is 6.47. The van der Waals surface area contributed by atoms with Gasteiger partial charge in [-0.1, -0.05) is 6.07 Å². The summed E-state index contributed by atoms with van der Waals surface area (Å²) in [5.74, 6) is 0.724. The summed E-state index contributed by atoms with van der Waals surface area (Å²) in [5, 5.41) is 0. The van der Waals surface area contributed by atoms with Crippen LogP contribution in [0.5, 0.6) is 0 Å². The van der Waals surface area contributed by atoms with Crippen molar-refractivity contribution in [3.63, 3.8) is 0 Å². The summed E-state index contributed by atoms with van der Waals surface area (Å²) >= 11 is 0. The Kier molecular flexibility index (Phi) is 4.13. The molecule has 0 amide bonds. The molecule has 0 radical (unpaired) electrons. The number of hydrogen-bond donors (Lipinski definition) is 1. The van der Waals surface area contributed by atoms with E-state index in [1.165, 1.54) is 18.4 Å². The second-order valence-corrected chi connectivity index (χ2v) is 5.05. The van der Waals surface area contributed by atoms with Crippen LogP contribution in [0.4, 0.5) is 0 Å². The minimum atomic E-state index is 0.120. The van der Waals surface area contributed by atoms with Crippen molar-refractivity contribution < 1.29 is 4.74 Å². The Morgan fingerprint density at radius 1 is 1.47 bits per heavy atom. The van der Waals surface area contributed by atoms with E-state index in [1.807, 2.05) is 12.4 Å². The van der Waals surface area contributed by atoms with Crippen LogP contribution in [-0.2, 0) is 4.74 Å². The molecule has 0 spiro atoms. The van der Waals surface area contributed by atoms with Crippen LogP contribution in [-0.4, -0.2) is 17.7 Å². The van der Waals surface area contributed by atoms with Gasteiger partial charge in [0.2, 0.25) is 0 Å². The lowest BCUT2D eigenvalue weighted by molar-refractivity contribution is -0.0282. The molecule has 0 aliphatic heterocycles. The molecule has 3 nitrogen and oxygen atoms in total. The maximum atomic E-state index is 6.21. The van der Waals surface area contributed by atoms with Crippen molar-refractivity contribution in [2.24, 2.45) is 11.7 Å². The molecule has 1 aliphatic carbocycles. The van der Waals surface area contributed by atoms with E-state index in [0.717, 1.165) is 24.5 Å². The van der Waals surface area contributed by atoms with E-state index in [1.54, 1.807) is 0 Å². The summed E-state index contributed by atoms with van der Waals surface area (Å²) in [6.07, 6.45) is 7.62. The van der Waals surface area contributed by atoms with Gasteiger partial charge in [-0.25, -0.2) is 0 Å². The van der Waals surface area contributed by atoms with E-state index in [4.69, 9.17) is 10.5 Å². The SMILES string of the molecule is CCOC1CC(CC(N)c2cncc(C)c2)C1. The maximum absolute atomic E-state index is 6.21. The zero-order valence-corrected chi connectivity index (χ0v) is 10.7. The molecule has 17 heavy (non-hydrogen) atoms. The number of ether oxygens (including phenoxy) is 1. The molecule has 0 aromatic carbocycles. The molecule has 0 bridgehead atoms. The van der Waals surface area contributed by atoms with Crippen LogP contribution >= 0.6 is 0 Å². The van der Waals surface area contributed by atoms with Crippen LogP contribution in [0.15, 0.2) is 18.5 Å². The molecule has 94 valence electrons. The number of hydrogen-bond acceptors (Lipinski definition) is 3. The van der Waals surface area contributed by atoms with E-state index < -0.39 is 0 Å². The van der Waals surface area contributed by atoms with E-state index in [2.05, 4.69) is 24.9 Å². The molecular formula is C14H22N2O. The lowest BCUT2D eigenvalue weighted by Crippen LogP contribution is -2.33. The van der Waals surface area contributed by atoms with Gasteiger partial charge in [0.25, 0.3) is 0 Å². The highest BCUT2D eigenvalue weighted by Gasteiger charge is 2.30. The van der Waals surface area contributed by atoms with Crippen LogP contribution in [0.2, 0.25) is 0 Å². The topological polar surface area (TPSA) is 48.1 Å². The summed E-state index contributed by atoms with van der Waals surface area (Å²) < 4.78 is 5.56. The molecule has 1 atom stereocenters. The van der Waals surface area contributed by atoms with Gasteiger partial charge in [0.15, 0.2) is 0 Å². The van der Waals surface area contributed by atoms with Gasteiger partial charge < -0.3 is 10.5 Å². The average Bonchev–Trinajstić information content (AvgIpc) is 2.26. The summed E-state index contributed by atoms with van der Waals surface area (Å²) in [6, 6.07) is 2.26. The minimum Gasteiger partial charge on any atom is -0.378 e. The van der Waals surface area contributed by atoms with E-state index in [-0.39, 0.29) is 6.04 Å². The Morgan fingerprint density at radius 3 is 2.88 bits per heavy atom. The van der Waals surface area contributed by atoms with Gasteiger partial charge in [-0.05, 0) is 50.2 Å². The first kappa shape index (κ1) is 12.5. The fourth-order valence-corrected chi connectivity index (χ4v) is 2.52. The zero-order chi connectivity index (χ0) is 12.3. The number of nitrogens with zero attached hydrogens (tertiary/aromatic N) is 1. The van der Waals surface area contributed by atoms with Crippen molar-refractivity contribution in [3.05, 3.63) is 29.6 Å². The van der Waals surface area contributed by atoms with Crippen molar-refractivity contribution in [1.82, 2.24) is 4.98 Å². The Hall–Kier alpha value is -0.930. The quantitative estimate of drug-likeness (QED) is 0.852. The van der Waals surface area contributed by atoms with Gasteiger partial charge in [0.05, 0.1) is 6.10 Å². The van der Waals surface area contributed by atoms with Crippen molar-refractivity contribution in [2.75, 3.05) is 6.61 Å². The summed E-state index contributed by atoms with van der Waals surface area (Å²) in [6.45, 7) is 4.93. The number of aryl methyl sites for hydroxylation is 1. The summed E-state index contributed by atoms with van der Waals surface area (Å²) in [7, 11) is 0. The molecule has 1 aromatic rings. The highest BCUT2D eigenvalue weighted by atomic mass is 16.5. The molecule has 1 heterocycles. The van der Waals surface area contributed by atoms with Gasteiger partial charge in [0, 0.05) is 25.0 Å². The predicted molar refractivity (Wildman–Crippen MR) is 68.7 cm³/mol. The minimum absolute atomic E-state index is 0.120. The van der Waals surface area contributed by atoms with Crippen molar-refractivity contribution in [2.45, 2.75) is 45.3 Å². The first-order valence-corrected chi connectivity index (χ1v) is 6.47. The smallest absolute Gasteiger partial charge is 0.0580 e. The lowest BCUT2D eigenvalue weighted by atomic mass is 9.77. The third kappa shape index (κ3) is 3.27. The average molecular weight is 234 g/mol. The molecule has 2 N–H and O–H groups in total.